The van der Waals surface area contributed by atoms with Gasteiger partial charge in [0.25, 0.3) is 0 Å². The molecule has 1 heterocycles. The van der Waals surface area contributed by atoms with Gasteiger partial charge in [0.1, 0.15) is 0 Å². The molecule has 112 valence electrons. The lowest BCUT2D eigenvalue weighted by Crippen LogP contribution is -2.39. The van der Waals surface area contributed by atoms with E-state index in [0.29, 0.717) is 12.1 Å². The van der Waals surface area contributed by atoms with E-state index >= 15 is 0 Å². The Morgan fingerprint density at radius 1 is 1.30 bits per heavy atom. The lowest BCUT2D eigenvalue weighted by Gasteiger charge is -2.29. The Hall–Kier alpha value is -0.860. The van der Waals surface area contributed by atoms with Gasteiger partial charge in [-0.25, -0.2) is 0 Å². The first-order valence-electron chi connectivity index (χ1n) is 8.13. The van der Waals surface area contributed by atoms with Crippen LogP contribution in [0.5, 0.6) is 0 Å². The summed E-state index contributed by atoms with van der Waals surface area (Å²) in [4.78, 5) is 2.67. The lowest BCUT2D eigenvalue weighted by molar-refractivity contribution is 0.193. The Kier molecular flexibility index (Phi) is 5.62. The molecule has 0 aliphatic carbocycles. The molecule has 2 unspecified atom stereocenters. The maximum Gasteiger partial charge on any atom is 0.0239 e. The average Bonchev–Trinajstić information content (AvgIpc) is 2.57. The monoisotopic (exact) mass is 274 g/mol. The van der Waals surface area contributed by atoms with E-state index in [9.17, 15) is 0 Å². The molecule has 1 aromatic rings. The molecule has 1 saturated heterocycles. The van der Waals surface area contributed by atoms with Crippen molar-refractivity contribution in [2.75, 3.05) is 13.1 Å². The average molecular weight is 274 g/mol. The summed E-state index contributed by atoms with van der Waals surface area (Å²) < 4.78 is 0. The minimum absolute atomic E-state index is 0.662. The molecular formula is C18H30N2. The molecular weight excluding hydrogens is 244 g/mol. The predicted molar refractivity (Wildman–Crippen MR) is 87.1 cm³/mol. The highest BCUT2D eigenvalue weighted by Gasteiger charge is 2.22. The van der Waals surface area contributed by atoms with E-state index in [0.717, 1.165) is 13.1 Å². The van der Waals surface area contributed by atoms with Crippen LogP contribution in [0.1, 0.15) is 49.8 Å². The summed E-state index contributed by atoms with van der Waals surface area (Å²) in [5.41, 5.74) is 4.29. The number of nitrogens with zero attached hydrogens (tertiary/aromatic N) is 1. The van der Waals surface area contributed by atoms with E-state index < -0.39 is 0 Å². The van der Waals surface area contributed by atoms with Gasteiger partial charge in [-0.05, 0) is 51.3 Å². The summed E-state index contributed by atoms with van der Waals surface area (Å²) in [5, 5.41) is 3.71. The molecule has 0 aromatic heterocycles. The first kappa shape index (κ1) is 15.5. The van der Waals surface area contributed by atoms with Crippen LogP contribution in [0.15, 0.2) is 18.2 Å². The molecule has 2 atom stereocenters. The fraction of sp³-hybridized carbons (Fsp3) is 0.667. The number of hydrogen-bond donors (Lipinski definition) is 1. The number of benzene rings is 1. The Balaban J connectivity index is 2.09. The van der Waals surface area contributed by atoms with E-state index in [4.69, 9.17) is 0 Å². The van der Waals surface area contributed by atoms with Gasteiger partial charge in [0.15, 0.2) is 0 Å². The van der Waals surface area contributed by atoms with Gasteiger partial charge in [-0.2, -0.15) is 0 Å². The van der Waals surface area contributed by atoms with Gasteiger partial charge in [0.2, 0.25) is 0 Å². The van der Waals surface area contributed by atoms with Crippen molar-refractivity contribution in [3.63, 3.8) is 0 Å². The fourth-order valence-electron chi connectivity index (χ4n) is 3.16. The quantitative estimate of drug-likeness (QED) is 0.901. The van der Waals surface area contributed by atoms with E-state index in [1.165, 1.54) is 42.5 Å². The molecule has 0 spiro atoms. The smallest absolute Gasteiger partial charge is 0.0239 e. The van der Waals surface area contributed by atoms with Crippen molar-refractivity contribution in [1.29, 1.82) is 0 Å². The maximum absolute atomic E-state index is 3.71. The van der Waals surface area contributed by atoms with Gasteiger partial charge in [-0.3, -0.25) is 4.90 Å². The normalized spacial score (nSPS) is 24.6. The van der Waals surface area contributed by atoms with Crippen LogP contribution >= 0.6 is 0 Å². The number of rotatable bonds is 4. The van der Waals surface area contributed by atoms with Crippen LogP contribution in [0.4, 0.5) is 0 Å². The molecule has 0 radical (unpaired) electrons. The van der Waals surface area contributed by atoms with E-state index in [-0.39, 0.29) is 0 Å². The molecule has 2 rings (SSSR count). The highest BCUT2D eigenvalue weighted by Crippen LogP contribution is 2.18. The van der Waals surface area contributed by atoms with Crippen molar-refractivity contribution in [3.05, 3.63) is 34.9 Å². The predicted octanol–water partition coefficient (Wildman–Crippen LogP) is 3.66. The highest BCUT2D eigenvalue weighted by molar-refractivity contribution is 5.30. The third-order valence-corrected chi connectivity index (χ3v) is 4.59. The minimum atomic E-state index is 0.662. The summed E-state index contributed by atoms with van der Waals surface area (Å²) >= 11 is 0. The number of aryl methyl sites for hydroxylation is 2. The van der Waals surface area contributed by atoms with Crippen molar-refractivity contribution in [3.8, 4) is 0 Å². The molecule has 0 bridgehead atoms. The zero-order valence-electron chi connectivity index (χ0n) is 13.6. The third-order valence-electron chi connectivity index (χ3n) is 4.59. The van der Waals surface area contributed by atoms with Crippen LogP contribution in [0.2, 0.25) is 0 Å². The van der Waals surface area contributed by atoms with Crippen LogP contribution in [-0.4, -0.2) is 30.1 Å². The summed E-state index contributed by atoms with van der Waals surface area (Å²) in [7, 11) is 0. The number of nitrogens with one attached hydrogen (secondary N) is 1. The highest BCUT2D eigenvalue weighted by atomic mass is 15.2. The molecule has 1 aliphatic rings. The molecule has 1 aliphatic heterocycles. The van der Waals surface area contributed by atoms with Gasteiger partial charge in [0, 0.05) is 25.2 Å². The van der Waals surface area contributed by atoms with E-state index in [1.807, 2.05) is 0 Å². The second-order valence-corrected chi connectivity index (χ2v) is 6.44. The second kappa shape index (κ2) is 7.24. The van der Waals surface area contributed by atoms with Crippen molar-refractivity contribution >= 4 is 0 Å². The van der Waals surface area contributed by atoms with E-state index in [1.54, 1.807) is 0 Å². The number of hydrogen-bond acceptors (Lipinski definition) is 2. The van der Waals surface area contributed by atoms with Gasteiger partial charge in [0.05, 0.1) is 0 Å². The summed E-state index contributed by atoms with van der Waals surface area (Å²) in [6.45, 7) is 12.5. The van der Waals surface area contributed by atoms with Crippen LogP contribution in [-0.2, 0) is 6.54 Å². The summed E-state index contributed by atoms with van der Waals surface area (Å²) in [5.74, 6) is 0. The first-order valence-corrected chi connectivity index (χ1v) is 8.13. The van der Waals surface area contributed by atoms with Crippen LogP contribution in [0, 0.1) is 13.8 Å². The van der Waals surface area contributed by atoms with Gasteiger partial charge >= 0.3 is 0 Å². The zero-order valence-corrected chi connectivity index (χ0v) is 13.6. The van der Waals surface area contributed by atoms with E-state index in [2.05, 4.69) is 56.1 Å². The summed E-state index contributed by atoms with van der Waals surface area (Å²) in [6, 6.07) is 8.16. The minimum Gasteiger partial charge on any atom is -0.313 e. The molecule has 1 aromatic carbocycles. The summed E-state index contributed by atoms with van der Waals surface area (Å²) in [6.07, 6.45) is 3.81. The topological polar surface area (TPSA) is 15.3 Å². The first-order chi connectivity index (χ1) is 9.60. The van der Waals surface area contributed by atoms with Gasteiger partial charge in [-0.15, -0.1) is 0 Å². The van der Waals surface area contributed by atoms with Crippen molar-refractivity contribution in [2.24, 2.45) is 0 Å². The molecule has 2 nitrogen and oxygen atoms in total. The Bertz CT molecular complexity index is 427. The van der Waals surface area contributed by atoms with Crippen LogP contribution in [0.25, 0.3) is 0 Å². The lowest BCUT2D eigenvalue weighted by atomic mass is 10.0. The molecule has 1 N–H and O–H groups in total. The Morgan fingerprint density at radius 3 is 2.85 bits per heavy atom. The zero-order chi connectivity index (χ0) is 14.5. The third kappa shape index (κ3) is 4.07. The largest absolute Gasteiger partial charge is 0.313 e. The molecule has 1 fully saturated rings. The molecule has 2 heteroatoms. The molecule has 20 heavy (non-hydrogen) atoms. The van der Waals surface area contributed by atoms with Crippen LogP contribution < -0.4 is 5.32 Å². The standard InChI is InChI=1S/C18H30N2/c1-5-6-18-13-20(16(4)9-10-19-18)12-17-11-14(2)7-8-15(17)3/h7-8,11,16,18-19H,5-6,9-10,12-13H2,1-4H3. The van der Waals surface area contributed by atoms with Crippen molar-refractivity contribution < 1.29 is 0 Å². The Labute approximate surface area is 124 Å². The van der Waals surface area contributed by atoms with Gasteiger partial charge < -0.3 is 5.32 Å². The fourth-order valence-corrected chi connectivity index (χ4v) is 3.16. The van der Waals surface area contributed by atoms with Crippen molar-refractivity contribution in [1.82, 2.24) is 10.2 Å². The SMILES string of the molecule is CCCC1CN(Cc2cc(C)ccc2C)C(C)CCN1. The van der Waals surface area contributed by atoms with Crippen LogP contribution in [0.3, 0.4) is 0 Å². The molecule has 0 amide bonds. The van der Waals surface area contributed by atoms with Gasteiger partial charge in [-0.1, -0.05) is 37.1 Å². The Morgan fingerprint density at radius 2 is 2.10 bits per heavy atom. The molecule has 0 saturated carbocycles. The maximum atomic E-state index is 3.71. The second-order valence-electron chi connectivity index (χ2n) is 6.44. The van der Waals surface area contributed by atoms with Crippen molar-refractivity contribution in [2.45, 2.75) is 65.6 Å².